The first-order valence-electron chi connectivity index (χ1n) is 8.67. The van der Waals surface area contributed by atoms with Crippen LogP contribution in [0.4, 0.5) is 11.5 Å². The van der Waals surface area contributed by atoms with Gasteiger partial charge in [-0.05, 0) is 45.0 Å². The average molecular weight is 381 g/mol. The summed E-state index contributed by atoms with van der Waals surface area (Å²) in [5.74, 6) is 1.13. The summed E-state index contributed by atoms with van der Waals surface area (Å²) >= 11 is 5.88. The predicted octanol–water partition coefficient (Wildman–Crippen LogP) is 4.85. The van der Waals surface area contributed by atoms with Crippen molar-refractivity contribution >= 4 is 29.0 Å². The van der Waals surface area contributed by atoms with Crippen molar-refractivity contribution in [1.82, 2.24) is 9.97 Å². The van der Waals surface area contributed by atoms with Crippen molar-refractivity contribution in [3.8, 4) is 11.4 Å². The number of carbonyl (C=O) groups is 1. The lowest BCUT2D eigenvalue weighted by molar-refractivity contribution is -0.116. The molecule has 0 aliphatic heterocycles. The van der Waals surface area contributed by atoms with Gasteiger partial charge >= 0.3 is 0 Å². The van der Waals surface area contributed by atoms with E-state index in [9.17, 15) is 4.79 Å². The number of carbonyl (C=O) groups excluding carboxylic acids is 1. The zero-order valence-electron chi connectivity index (χ0n) is 15.5. The Bertz CT molecular complexity index is 942. The van der Waals surface area contributed by atoms with Crippen LogP contribution in [-0.2, 0) is 4.79 Å². The number of aromatic nitrogens is 2. The third-order valence-corrected chi connectivity index (χ3v) is 4.53. The van der Waals surface area contributed by atoms with Gasteiger partial charge in [-0.3, -0.25) is 4.79 Å². The molecule has 1 unspecified atom stereocenters. The number of halogens is 1. The fraction of sp³-hybridized carbons (Fsp3) is 0.190. The minimum Gasteiger partial charge on any atom is -0.358 e. The summed E-state index contributed by atoms with van der Waals surface area (Å²) in [5.41, 5.74) is 3.41. The predicted molar refractivity (Wildman–Crippen MR) is 110 cm³/mol. The molecule has 1 atom stereocenters. The van der Waals surface area contributed by atoms with Crippen LogP contribution >= 0.6 is 11.6 Å². The van der Waals surface area contributed by atoms with E-state index in [2.05, 4.69) is 20.6 Å². The lowest BCUT2D eigenvalue weighted by Crippen LogP contribution is -2.32. The van der Waals surface area contributed by atoms with E-state index in [4.69, 9.17) is 11.6 Å². The molecule has 3 rings (SSSR count). The van der Waals surface area contributed by atoms with Crippen molar-refractivity contribution in [3.63, 3.8) is 0 Å². The highest BCUT2D eigenvalue weighted by molar-refractivity contribution is 6.30. The van der Waals surface area contributed by atoms with Gasteiger partial charge in [-0.15, -0.1) is 0 Å². The second-order valence-electron chi connectivity index (χ2n) is 6.33. The summed E-state index contributed by atoms with van der Waals surface area (Å²) in [6.45, 7) is 5.67. The van der Waals surface area contributed by atoms with Crippen molar-refractivity contribution in [3.05, 3.63) is 70.9 Å². The summed E-state index contributed by atoms with van der Waals surface area (Å²) in [4.78, 5) is 21.7. The maximum absolute atomic E-state index is 12.5. The van der Waals surface area contributed by atoms with Gasteiger partial charge in [0, 0.05) is 27.5 Å². The summed E-state index contributed by atoms with van der Waals surface area (Å²) in [6, 6.07) is 16.3. The Morgan fingerprint density at radius 3 is 2.33 bits per heavy atom. The van der Waals surface area contributed by atoms with Crippen molar-refractivity contribution in [2.24, 2.45) is 0 Å². The fourth-order valence-electron chi connectivity index (χ4n) is 2.54. The van der Waals surface area contributed by atoms with Gasteiger partial charge in [0.25, 0.3) is 0 Å². The van der Waals surface area contributed by atoms with Crippen LogP contribution in [0.3, 0.4) is 0 Å². The molecule has 27 heavy (non-hydrogen) atoms. The highest BCUT2D eigenvalue weighted by atomic mass is 35.5. The van der Waals surface area contributed by atoms with E-state index in [1.165, 1.54) is 0 Å². The smallest absolute Gasteiger partial charge is 0.246 e. The minimum absolute atomic E-state index is 0.158. The number of nitrogens with zero attached hydrogens (tertiary/aromatic N) is 2. The average Bonchev–Trinajstić information content (AvgIpc) is 2.67. The van der Waals surface area contributed by atoms with E-state index in [1.54, 1.807) is 31.2 Å². The van der Waals surface area contributed by atoms with Crippen LogP contribution in [0.2, 0.25) is 5.02 Å². The number of amides is 1. The molecule has 1 heterocycles. The van der Waals surface area contributed by atoms with E-state index in [0.717, 1.165) is 16.8 Å². The van der Waals surface area contributed by atoms with Crippen LogP contribution in [0.1, 0.15) is 18.2 Å². The van der Waals surface area contributed by atoms with Crippen LogP contribution in [0.15, 0.2) is 54.6 Å². The quantitative estimate of drug-likeness (QED) is 0.663. The Morgan fingerprint density at radius 1 is 1.00 bits per heavy atom. The normalized spacial score (nSPS) is 11.7. The molecule has 5 nitrogen and oxygen atoms in total. The Labute approximate surface area is 163 Å². The van der Waals surface area contributed by atoms with Gasteiger partial charge in [0.05, 0.1) is 0 Å². The molecule has 2 aromatic carbocycles. The second kappa shape index (κ2) is 8.18. The highest BCUT2D eigenvalue weighted by Crippen LogP contribution is 2.22. The Balaban J connectivity index is 1.78. The number of rotatable bonds is 5. The number of anilines is 2. The molecule has 0 saturated heterocycles. The maximum Gasteiger partial charge on any atom is 0.246 e. The van der Waals surface area contributed by atoms with Crippen LogP contribution in [0.25, 0.3) is 11.4 Å². The zero-order chi connectivity index (χ0) is 19.4. The standard InChI is InChI=1S/C21H21ClN4O/c1-13-14(2)23-20(16-7-5-4-6-8-16)26-19(13)24-15(3)21(27)25-18-11-9-17(22)10-12-18/h4-12,15H,1-3H3,(H,25,27)(H,23,24,26). The summed E-state index contributed by atoms with van der Waals surface area (Å²) in [5, 5.41) is 6.69. The number of aryl methyl sites for hydroxylation is 1. The minimum atomic E-state index is -0.475. The van der Waals surface area contributed by atoms with Gasteiger partial charge in [-0.1, -0.05) is 41.9 Å². The van der Waals surface area contributed by atoms with E-state index < -0.39 is 6.04 Å². The molecule has 6 heteroatoms. The first kappa shape index (κ1) is 18.9. The Kier molecular flexibility index (Phi) is 5.72. The van der Waals surface area contributed by atoms with E-state index in [-0.39, 0.29) is 5.91 Å². The first-order chi connectivity index (χ1) is 12.9. The van der Waals surface area contributed by atoms with Crippen LogP contribution in [0, 0.1) is 13.8 Å². The SMILES string of the molecule is Cc1nc(-c2ccccc2)nc(NC(C)C(=O)Nc2ccc(Cl)cc2)c1C. The zero-order valence-corrected chi connectivity index (χ0v) is 16.2. The number of hydrogen-bond acceptors (Lipinski definition) is 4. The molecule has 0 saturated carbocycles. The van der Waals surface area contributed by atoms with Crippen LogP contribution in [-0.4, -0.2) is 21.9 Å². The maximum atomic E-state index is 12.5. The van der Waals surface area contributed by atoms with E-state index in [1.807, 2.05) is 44.2 Å². The molecule has 0 aliphatic carbocycles. The number of hydrogen-bond donors (Lipinski definition) is 2. The molecule has 0 fully saturated rings. The van der Waals surface area contributed by atoms with Crippen molar-refractivity contribution in [2.45, 2.75) is 26.8 Å². The molecule has 3 aromatic rings. The number of benzene rings is 2. The van der Waals surface area contributed by atoms with Crippen LogP contribution < -0.4 is 10.6 Å². The highest BCUT2D eigenvalue weighted by Gasteiger charge is 2.17. The Hall–Kier alpha value is -2.92. The topological polar surface area (TPSA) is 66.9 Å². The van der Waals surface area contributed by atoms with Gasteiger partial charge in [0.1, 0.15) is 11.9 Å². The first-order valence-corrected chi connectivity index (χ1v) is 9.05. The molecule has 0 radical (unpaired) electrons. The summed E-state index contributed by atoms with van der Waals surface area (Å²) < 4.78 is 0. The molecule has 2 N–H and O–H groups in total. The van der Waals surface area contributed by atoms with Crippen molar-refractivity contribution < 1.29 is 4.79 Å². The van der Waals surface area contributed by atoms with E-state index in [0.29, 0.717) is 22.4 Å². The molecule has 1 amide bonds. The monoisotopic (exact) mass is 380 g/mol. The second-order valence-corrected chi connectivity index (χ2v) is 6.77. The molecule has 1 aromatic heterocycles. The lowest BCUT2D eigenvalue weighted by atomic mass is 10.1. The fourth-order valence-corrected chi connectivity index (χ4v) is 2.67. The third-order valence-electron chi connectivity index (χ3n) is 4.28. The molecule has 0 bridgehead atoms. The van der Waals surface area contributed by atoms with Gasteiger partial charge in [-0.2, -0.15) is 0 Å². The molecular weight excluding hydrogens is 360 g/mol. The van der Waals surface area contributed by atoms with Gasteiger partial charge < -0.3 is 10.6 Å². The Morgan fingerprint density at radius 2 is 1.67 bits per heavy atom. The molecule has 0 aliphatic rings. The van der Waals surface area contributed by atoms with Gasteiger partial charge in [0.2, 0.25) is 5.91 Å². The molecule has 138 valence electrons. The van der Waals surface area contributed by atoms with Crippen molar-refractivity contribution in [1.29, 1.82) is 0 Å². The molecular formula is C21H21ClN4O. The summed E-state index contributed by atoms with van der Waals surface area (Å²) in [7, 11) is 0. The molecule has 0 spiro atoms. The van der Waals surface area contributed by atoms with Crippen molar-refractivity contribution in [2.75, 3.05) is 10.6 Å². The third kappa shape index (κ3) is 4.63. The largest absolute Gasteiger partial charge is 0.358 e. The van der Waals surface area contributed by atoms with Gasteiger partial charge in [0.15, 0.2) is 5.82 Å². The van der Waals surface area contributed by atoms with Crippen LogP contribution in [0.5, 0.6) is 0 Å². The summed E-state index contributed by atoms with van der Waals surface area (Å²) in [6.07, 6.45) is 0. The number of nitrogens with one attached hydrogen (secondary N) is 2. The van der Waals surface area contributed by atoms with Gasteiger partial charge in [-0.25, -0.2) is 9.97 Å². The van der Waals surface area contributed by atoms with E-state index >= 15 is 0 Å². The lowest BCUT2D eigenvalue weighted by Gasteiger charge is -2.18.